The zero-order valence-electron chi connectivity index (χ0n) is 8.97. The van der Waals surface area contributed by atoms with Crippen LogP contribution in [0, 0.1) is 14.7 Å². The molecule has 0 aromatic carbocycles. The number of carbonyl (C=O) groups excluding carboxylic acids is 3. The second-order valence-corrected chi connectivity index (χ2v) is 1.98. The summed E-state index contributed by atoms with van der Waals surface area (Å²) in [4.78, 5) is 54.4. The van der Waals surface area contributed by atoms with Crippen molar-refractivity contribution < 1.29 is 49.8 Å². The Labute approximate surface area is 118 Å². The second kappa shape index (κ2) is 21.2. The minimum Gasteiger partial charge on any atom is -0.548 e. The number of nitrogens with zero attached hydrogens (tertiary/aromatic N) is 3. The van der Waals surface area contributed by atoms with E-state index in [0.717, 1.165) is 0 Å². The maximum atomic E-state index is 9.19. The van der Waals surface area contributed by atoms with E-state index < -0.39 is 37.5 Å². The molecule has 0 fully saturated rings. The predicted molar refractivity (Wildman–Crippen MR) is 47.0 cm³/mol. The molecule has 19 heavy (non-hydrogen) atoms. The molecular formula is C6H6IrN3O9. The Morgan fingerprint density at radius 3 is 0.789 bits per heavy atom. The van der Waals surface area contributed by atoms with Gasteiger partial charge in [0.2, 0.25) is 0 Å². The van der Waals surface area contributed by atoms with Crippen molar-refractivity contribution in [1.29, 1.82) is 0 Å². The van der Waals surface area contributed by atoms with Crippen LogP contribution < -0.4 is 15.3 Å². The molecule has 0 aromatic rings. The van der Waals surface area contributed by atoms with Gasteiger partial charge in [-0.1, -0.05) is 15.5 Å². The van der Waals surface area contributed by atoms with E-state index in [1.165, 1.54) is 0 Å². The van der Waals surface area contributed by atoms with Crippen molar-refractivity contribution in [1.82, 2.24) is 0 Å². The SMILES string of the molecule is O=NCC(=O)[O-].O=NCC(=O)[O-].O=NCC(=O)[O-].[Ir+3]. The Morgan fingerprint density at radius 1 is 0.632 bits per heavy atom. The van der Waals surface area contributed by atoms with Gasteiger partial charge in [0, 0.05) is 0 Å². The monoisotopic (exact) mass is 457 g/mol. The van der Waals surface area contributed by atoms with Gasteiger partial charge in [-0.3, -0.25) is 0 Å². The van der Waals surface area contributed by atoms with Crippen LogP contribution in [-0.4, -0.2) is 37.5 Å². The average molecular weight is 456 g/mol. The zero-order chi connectivity index (χ0) is 15.0. The Bertz CT molecular complexity index is 261. The van der Waals surface area contributed by atoms with Gasteiger partial charge in [-0.25, -0.2) is 0 Å². The first-order valence-corrected chi connectivity index (χ1v) is 3.78. The standard InChI is InChI=1S/3C2H3NO3.Ir/c3*4-2(5)1-3-6;/h3*1H2,(H,4,5);/q;;;+3/p-3. The molecule has 0 aliphatic carbocycles. The third-order valence-electron chi connectivity index (χ3n) is 0.581. The summed E-state index contributed by atoms with van der Waals surface area (Å²) in [7, 11) is 0. The number of carbonyl (C=O) groups is 3. The first kappa shape index (κ1) is 25.6. The van der Waals surface area contributed by atoms with Gasteiger partial charge in [-0.15, -0.1) is 0 Å². The molecule has 0 rings (SSSR count). The summed E-state index contributed by atoms with van der Waals surface area (Å²) in [6.07, 6.45) is 0. The first-order chi connectivity index (χ1) is 8.31. The third kappa shape index (κ3) is 64.7. The minimum atomic E-state index is -1.44. The largest absolute Gasteiger partial charge is 3.00 e. The first-order valence-electron chi connectivity index (χ1n) is 3.78. The van der Waals surface area contributed by atoms with Crippen LogP contribution in [-0.2, 0) is 34.5 Å². The van der Waals surface area contributed by atoms with Crippen LogP contribution in [0.25, 0.3) is 0 Å². The van der Waals surface area contributed by atoms with Crippen molar-refractivity contribution in [3.05, 3.63) is 14.7 Å². The molecule has 0 amide bonds. The number of rotatable bonds is 6. The average Bonchev–Trinajstić information content (AvgIpc) is 2.18. The fourth-order valence-electron chi connectivity index (χ4n) is 0.158. The van der Waals surface area contributed by atoms with Gasteiger partial charge in [0.25, 0.3) is 0 Å². The molecule has 0 N–H and O–H groups in total. The Kier molecular flexibility index (Phi) is 28.6. The molecule has 13 heteroatoms. The maximum absolute atomic E-state index is 9.19. The van der Waals surface area contributed by atoms with Gasteiger partial charge in [0.15, 0.2) is 0 Å². The van der Waals surface area contributed by atoms with Gasteiger partial charge in [-0.2, -0.15) is 14.7 Å². The summed E-state index contributed by atoms with van der Waals surface area (Å²) in [6, 6.07) is 0. The number of hydrogen-bond acceptors (Lipinski definition) is 12. The summed E-state index contributed by atoms with van der Waals surface area (Å²) in [5.41, 5.74) is 0. The fraction of sp³-hybridized carbons (Fsp3) is 0.500. The van der Waals surface area contributed by atoms with Gasteiger partial charge in [-0.05, 0) is 0 Å². The van der Waals surface area contributed by atoms with Crippen LogP contribution in [0.5, 0.6) is 0 Å². The summed E-state index contributed by atoms with van der Waals surface area (Å²) >= 11 is 0. The molecule has 108 valence electrons. The van der Waals surface area contributed by atoms with Crippen LogP contribution in [0.15, 0.2) is 15.5 Å². The van der Waals surface area contributed by atoms with E-state index >= 15 is 0 Å². The summed E-state index contributed by atoms with van der Waals surface area (Å²) in [5, 5.41) is 33.7. The van der Waals surface area contributed by atoms with Gasteiger partial charge >= 0.3 is 20.1 Å². The Hall–Kier alpha value is -2.14. The molecule has 0 bridgehead atoms. The third-order valence-corrected chi connectivity index (χ3v) is 0.581. The van der Waals surface area contributed by atoms with Crippen molar-refractivity contribution >= 4 is 17.9 Å². The molecule has 0 heterocycles. The van der Waals surface area contributed by atoms with Crippen molar-refractivity contribution in [3.63, 3.8) is 0 Å². The van der Waals surface area contributed by atoms with Crippen molar-refractivity contribution in [3.8, 4) is 0 Å². The van der Waals surface area contributed by atoms with Crippen LogP contribution in [0.4, 0.5) is 0 Å². The van der Waals surface area contributed by atoms with E-state index in [4.69, 9.17) is 14.7 Å². The molecule has 0 spiro atoms. The second-order valence-electron chi connectivity index (χ2n) is 1.98. The molecule has 12 nitrogen and oxygen atoms in total. The number of hydrogen-bond donors (Lipinski definition) is 0. The molecule has 0 aliphatic heterocycles. The van der Waals surface area contributed by atoms with E-state index in [-0.39, 0.29) is 20.1 Å². The normalized spacial score (nSPS) is 6.95. The number of carboxylic acid groups (broad SMARTS) is 3. The van der Waals surface area contributed by atoms with E-state index in [1.807, 2.05) is 15.5 Å². The van der Waals surface area contributed by atoms with Crippen molar-refractivity contribution in [2.45, 2.75) is 0 Å². The molecule has 0 saturated carbocycles. The molecule has 0 atom stereocenters. The number of nitroso groups, excluding NO2 is 3. The summed E-state index contributed by atoms with van der Waals surface area (Å²) < 4.78 is 0. The molecule has 0 aliphatic rings. The van der Waals surface area contributed by atoms with Crippen LogP contribution in [0.1, 0.15) is 0 Å². The van der Waals surface area contributed by atoms with E-state index in [2.05, 4.69) is 0 Å². The quantitative estimate of drug-likeness (QED) is 0.352. The number of aliphatic carboxylic acids is 3. The van der Waals surface area contributed by atoms with E-state index in [1.54, 1.807) is 0 Å². The molecule has 0 saturated heterocycles. The number of carboxylic acids is 3. The molecule has 0 radical (unpaired) electrons. The van der Waals surface area contributed by atoms with Crippen molar-refractivity contribution in [2.75, 3.05) is 19.6 Å². The Morgan fingerprint density at radius 2 is 0.789 bits per heavy atom. The Balaban J connectivity index is -0.0000000865. The maximum Gasteiger partial charge on any atom is 3.00 e. The van der Waals surface area contributed by atoms with Gasteiger partial charge < -0.3 is 29.7 Å². The van der Waals surface area contributed by atoms with Crippen molar-refractivity contribution in [2.24, 2.45) is 15.5 Å². The zero-order valence-corrected chi connectivity index (χ0v) is 11.4. The molecular weight excluding hydrogens is 450 g/mol. The predicted octanol–water partition coefficient (Wildman–Crippen LogP) is -4.49. The fourth-order valence-corrected chi connectivity index (χ4v) is 0.158. The smallest absolute Gasteiger partial charge is 0.548 e. The minimum absolute atomic E-state index is 0. The molecule has 0 unspecified atom stereocenters. The van der Waals surface area contributed by atoms with Gasteiger partial charge in [0.05, 0.1) is 17.9 Å². The van der Waals surface area contributed by atoms with Crippen LogP contribution in [0.3, 0.4) is 0 Å². The topological polar surface area (TPSA) is 209 Å². The molecule has 0 aromatic heterocycles. The summed E-state index contributed by atoms with van der Waals surface area (Å²) in [6.45, 7) is -2.25. The summed E-state index contributed by atoms with van der Waals surface area (Å²) in [5.74, 6) is -4.32. The van der Waals surface area contributed by atoms with Crippen LogP contribution >= 0.6 is 0 Å². The van der Waals surface area contributed by atoms with Crippen LogP contribution in [0.2, 0.25) is 0 Å². The van der Waals surface area contributed by atoms with Gasteiger partial charge in [0.1, 0.15) is 19.6 Å². The van der Waals surface area contributed by atoms with E-state index in [0.29, 0.717) is 0 Å². The van der Waals surface area contributed by atoms with E-state index in [9.17, 15) is 29.7 Å².